The zero-order valence-corrected chi connectivity index (χ0v) is 20.1. The van der Waals surface area contributed by atoms with E-state index in [1.165, 1.54) is 17.0 Å². The van der Waals surface area contributed by atoms with Crippen LogP contribution in [0.3, 0.4) is 0 Å². The summed E-state index contributed by atoms with van der Waals surface area (Å²) in [4.78, 5) is 39.5. The first-order chi connectivity index (χ1) is 18.1. The number of carbonyl (C=O) groups excluding carboxylic acids is 2. The highest BCUT2D eigenvalue weighted by molar-refractivity contribution is 5.90. The van der Waals surface area contributed by atoms with Crippen LogP contribution < -0.4 is 5.32 Å². The fraction of sp³-hybridized carbons (Fsp3) is 0.250. The standard InChI is InChI=1S/C28H25F3N2O5/c29-28(30,31)22-12-10-18(11-13-22)14-23(26(35)36)32-25(34)24-15-20-8-4-5-9-21(20)16-33(24)27(37)38-17-19-6-2-1-3-7-19/h1-13,23-24H,14-17H2,(H,32,34)(H,35,36)/t23-,24+/m1/s1. The zero-order chi connectivity index (χ0) is 27.3. The van der Waals surface area contributed by atoms with Gasteiger partial charge in [-0.05, 0) is 34.4 Å². The summed E-state index contributed by atoms with van der Waals surface area (Å²) in [6, 6.07) is 17.9. The quantitative estimate of drug-likeness (QED) is 0.470. The third-order valence-corrected chi connectivity index (χ3v) is 6.33. The van der Waals surface area contributed by atoms with E-state index in [1.54, 1.807) is 24.3 Å². The van der Waals surface area contributed by atoms with E-state index in [-0.39, 0.29) is 26.0 Å². The number of benzene rings is 3. The van der Waals surface area contributed by atoms with Gasteiger partial charge in [0.2, 0.25) is 5.91 Å². The maximum atomic E-state index is 13.3. The number of amides is 2. The number of hydrogen-bond donors (Lipinski definition) is 2. The molecule has 1 heterocycles. The van der Waals surface area contributed by atoms with Crippen molar-refractivity contribution in [3.63, 3.8) is 0 Å². The minimum Gasteiger partial charge on any atom is -0.480 e. The van der Waals surface area contributed by atoms with Crippen molar-refractivity contribution in [1.82, 2.24) is 10.2 Å². The molecule has 0 saturated heterocycles. The molecule has 0 fully saturated rings. The van der Waals surface area contributed by atoms with E-state index in [0.29, 0.717) is 5.56 Å². The summed E-state index contributed by atoms with van der Waals surface area (Å²) in [7, 11) is 0. The van der Waals surface area contributed by atoms with Crippen LogP contribution in [0, 0.1) is 0 Å². The number of hydrogen-bond acceptors (Lipinski definition) is 4. The molecule has 0 bridgehead atoms. The molecule has 0 aromatic heterocycles. The van der Waals surface area contributed by atoms with Crippen molar-refractivity contribution < 1.29 is 37.4 Å². The van der Waals surface area contributed by atoms with Gasteiger partial charge in [-0.1, -0.05) is 66.7 Å². The highest BCUT2D eigenvalue weighted by Gasteiger charge is 2.37. The molecule has 1 aliphatic rings. The van der Waals surface area contributed by atoms with E-state index in [4.69, 9.17) is 4.74 Å². The number of alkyl halides is 3. The molecule has 7 nitrogen and oxygen atoms in total. The first-order valence-electron chi connectivity index (χ1n) is 11.8. The molecule has 1 aliphatic heterocycles. The van der Waals surface area contributed by atoms with Crippen LogP contribution in [0.25, 0.3) is 0 Å². The minimum atomic E-state index is -4.52. The predicted molar refractivity (Wildman–Crippen MR) is 131 cm³/mol. The highest BCUT2D eigenvalue weighted by atomic mass is 19.4. The molecule has 0 spiro atoms. The number of carboxylic acid groups (broad SMARTS) is 1. The van der Waals surface area contributed by atoms with Gasteiger partial charge in [-0.25, -0.2) is 9.59 Å². The number of halogens is 3. The SMILES string of the molecule is O=C(O)[C@@H](Cc1ccc(C(F)(F)F)cc1)NC(=O)[C@@H]1Cc2ccccc2CN1C(=O)OCc1ccccc1. The Balaban J connectivity index is 1.50. The molecule has 3 aromatic carbocycles. The van der Waals surface area contributed by atoms with Crippen molar-refractivity contribution in [2.45, 2.75) is 44.3 Å². The summed E-state index contributed by atoms with van der Waals surface area (Å²) >= 11 is 0. The lowest BCUT2D eigenvalue weighted by Crippen LogP contribution is -2.56. The normalized spacial score (nSPS) is 15.8. The van der Waals surface area contributed by atoms with Crippen LogP contribution in [0.2, 0.25) is 0 Å². The summed E-state index contributed by atoms with van der Waals surface area (Å²) < 4.78 is 44.0. The monoisotopic (exact) mass is 526 g/mol. The number of aliphatic carboxylic acids is 1. The molecule has 2 N–H and O–H groups in total. The molecule has 38 heavy (non-hydrogen) atoms. The van der Waals surface area contributed by atoms with Crippen LogP contribution in [-0.2, 0) is 46.5 Å². The highest BCUT2D eigenvalue weighted by Crippen LogP contribution is 2.29. The second kappa shape index (κ2) is 11.4. The Morgan fingerprint density at radius 1 is 0.921 bits per heavy atom. The van der Waals surface area contributed by atoms with Crippen LogP contribution in [0.5, 0.6) is 0 Å². The van der Waals surface area contributed by atoms with Gasteiger partial charge in [0.25, 0.3) is 0 Å². The smallest absolute Gasteiger partial charge is 0.416 e. The molecule has 0 saturated carbocycles. The average Bonchev–Trinajstić information content (AvgIpc) is 2.90. The number of nitrogens with one attached hydrogen (secondary N) is 1. The van der Waals surface area contributed by atoms with E-state index in [0.717, 1.165) is 28.8 Å². The van der Waals surface area contributed by atoms with Crippen LogP contribution in [0.4, 0.5) is 18.0 Å². The first kappa shape index (κ1) is 26.7. The maximum Gasteiger partial charge on any atom is 0.416 e. The summed E-state index contributed by atoms with van der Waals surface area (Å²) in [6.07, 6.45) is -5.33. The van der Waals surface area contributed by atoms with Gasteiger partial charge < -0.3 is 15.2 Å². The summed E-state index contributed by atoms with van der Waals surface area (Å²) in [6.45, 7) is 0.0936. The van der Waals surface area contributed by atoms with Gasteiger partial charge in [0.1, 0.15) is 18.7 Å². The van der Waals surface area contributed by atoms with Crippen molar-refractivity contribution in [1.29, 1.82) is 0 Å². The molecular weight excluding hydrogens is 501 g/mol. The summed E-state index contributed by atoms with van der Waals surface area (Å²) in [5.41, 5.74) is 1.89. The number of ether oxygens (including phenoxy) is 1. The van der Waals surface area contributed by atoms with Crippen molar-refractivity contribution >= 4 is 18.0 Å². The van der Waals surface area contributed by atoms with Gasteiger partial charge in [-0.15, -0.1) is 0 Å². The number of fused-ring (bicyclic) bond motifs is 1. The van der Waals surface area contributed by atoms with Crippen molar-refractivity contribution in [2.24, 2.45) is 0 Å². The third-order valence-electron chi connectivity index (χ3n) is 6.33. The Hall–Kier alpha value is -4.34. The van der Waals surface area contributed by atoms with E-state index >= 15 is 0 Å². The fourth-order valence-corrected chi connectivity index (χ4v) is 4.28. The summed E-state index contributed by atoms with van der Waals surface area (Å²) in [5.74, 6) is -2.05. The lowest BCUT2D eigenvalue weighted by Gasteiger charge is -2.35. The number of carbonyl (C=O) groups is 3. The maximum absolute atomic E-state index is 13.3. The van der Waals surface area contributed by atoms with Crippen LogP contribution in [0.1, 0.15) is 27.8 Å². The Kier molecular flexibility index (Phi) is 7.99. The Labute approximate surface area is 216 Å². The van der Waals surface area contributed by atoms with Crippen LogP contribution in [-0.4, -0.2) is 40.1 Å². The molecule has 4 rings (SSSR count). The number of carboxylic acids is 1. The fourth-order valence-electron chi connectivity index (χ4n) is 4.28. The third kappa shape index (κ3) is 6.50. The summed E-state index contributed by atoms with van der Waals surface area (Å²) in [5, 5.41) is 12.2. The predicted octanol–water partition coefficient (Wildman–Crippen LogP) is 4.58. The molecule has 3 aromatic rings. The first-order valence-corrected chi connectivity index (χ1v) is 11.8. The van der Waals surface area contributed by atoms with Crippen molar-refractivity contribution in [2.75, 3.05) is 0 Å². The van der Waals surface area contributed by atoms with Gasteiger partial charge >= 0.3 is 18.2 Å². The van der Waals surface area contributed by atoms with Gasteiger partial charge in [-0.2, -0.15) is 13.2 Å². The van der Waals surface area contributed by atoms with Crippen molar-refractivity contribution in [3.05, 3.63) is 107 Å². The largest absolute Gasteiger partial charge is 0.480 e. The van der Waals surface area contributed by atoms with Crippen LogP contribution in [0.15, 0.2) is 78.9 Å². The molecular formula is C28H25F3N2O5. The molecule has 198 valence electrons. The Bertz CT molecular complexity index is 1300. The number of nitrogens with zero attached hydrogens (tertiary/aromatic N) is 1. The van der Waals surface area contributed by atoms with Gasteiger partial charge in [0.15, 0.2) is 0 Å². The van der Waals surface area contributed by atoms with E-state index in [1.807, 2.05) is 30.3 Å². The van der Waals surface area contributed by atoms with Gasteiger partial charge in [-0.3, -0.25) is 9.69 Å². The molecule has 0 aliphatic carbocycles. The van der Waals surface area contributed by atoms with Crippen molar-refractivity contribution in [3.8, 4) is 0 Å². The Morgan fingerprint density at radius 2 is 1.55 bits per heavy atom. The average molecular weight is 527 g/mol. The molecule has 0 unspecified atom stereocenters. The lowest BCUT2D eigenvalue weighted by atomic mass is 9.93. The van der Waals surface area contributed by atoms with Gasteiger partial charge in [0.05, 0.1) is 12.1 Å². The van der Waals surface area contributed by atoms with Crippen LogP contribution >= 0.6 is 0 Å². The molecule has 10 heteroatoms. The minimum absolute atomic E-state index is 0.00215. The topological polar surface area (TPSA) is 95.9 Å². The second-order valence-electron chi connectivity index (χ2n) is 8.95. The van der Waals surface area contributed by atoms with E-state index in [2.05, 4.69) is 5.32 Å². The molecule has 2 amide bonds. The number of rotatable bonds is 7. The molecule has 2 atom stereocenters. The second-order valence-corrected chi connectivity index (χ2v) is 8.95. The van der Waals surface area contributed by atoms with Gasteiger partial charge in [0, 0.05) is 12.8 Å². The Morgan fingerprint density at radius 3 is 2.18 bits per heavy atom. The lowest BCUT2D eigenvalue weighted by molar-refractivity contribution is -0.142. The molecule has 0 radical (unpaired) electrons. The van der Waals surface area contributed by atoms with E-state index < -0.39 is 41.8 Å². The van der Waals surface area contributed by atoms with E-state index in [9.17, 15) is 32.7 Å². The zero-order valence-electron chi connectivity index (χ0n) is 20.1.